The van der Waals surface area contributed by atoms with Crippen LogP contribution in [0.1, 0.15) is 87.9 Å². The van der Waals surface area contributed by atoms with Crippen molar-refractivity contribution >= 4 is 29.0 Å². The third kappa shape index (κ3) is 6.21. The number of aromatic nitrogens is 6. The van der Waals surface area contributed by atoms with E-state index in [1.54, 1.807) is 54.6 Å². The van der Waals surface area contributed by atoms with Gasteiger partial charge in [-0.3, -0.25) is 14.4 Å². The van der Waals surface area contributed by atoms with Gasteiger partial charge in [-0.15, -0.1) is 0 Å². The Hall–Kier alpha value is -9.26. The summed E-state index contributed by atoms with van der Waals surface area (Å²) in [6.07, 6.45) is 0. The second-order valence-electron chi connectivity index (χ2n) is 12.5. The Balaban J connectivity index is 0.000000137. The van der Waals surface area contributed by atoms with Gasteiger partial charge >= 0.3 is 0 Å². The summed E-state index contributed by atoms with van der Waals surface area (Å²) < 4.78 is 10.5. The molecule has 0 N–H and O–H groups in total. The minimum absolute atomic E-state index is 0.0216. The van der Waals surface area contributed by atoms with Crippen molar-refractivity contribution in [3.8, 4) is 81.7 Å². The van der Waals surface area contributed by atoms with E-state index in [-0.39, 0.29) is 74.1 Å². The maximum absolute atomic E-state index is 12.6. The number of carbonyl (C=O) groups excluding carboxylic acids is 3. The van der Waals surface area contributed by atoms with Crippen LogP contribution >= 0.6 is 11.6 Å². The Morgan fingerprint density at radius 1 is 0.450 bits per heavy atom. The molecule has 3 aliphatic carbocycles. The third-order valence-corrected chi connectivity index (χ3v) is 9.39. The first-order valence-electron chi connectivity index (χ1n) is 16.9. The summed E-state index contributed by atoms with van der Waals surface area (Å²) >= 11 is 5.85. The van der Waals surface area contributed by atoms with E-state index in [0.29, 0.717) is 55.7 Å². The Kier molecular flexibility index (Phi) is 9.98. The van der Waals surface area contributed by atoms with E-state index in [4.69, 9.17) is 52.6 Å². The first-order chi connectivity index (χ1) is 29.0. The lowest BCUT2D eigenvalue weighted by atomic mass is 10.1. The Bertz CT molecular complexity index is 3250. The molecule has 6 aromatic rings. The second-order valence-corrected chi connectivity index (χ2v) is 12.9. The van der Waals surface area contributed by atoms with Crippen LogP contribution in [0.2, 0.25) is 5.02 Å². The molecule has 0 unspecified atom stereocenters. The highest BCUT2D eigenvalue weighted by Crippen LogP contribution is 2.45. The van der Waals surface area contributed by atoms with Crippen LogP contribution in [-0.2, 0) is 0 Å². The van der Waals surface area contributed by atoms with Crippen molar-refractivity contribution in [2.75, 3.05) is 14.2 Å². The zero-order chi connectivity index (χ0) is 43.0. The van der Waals surface area contributed by atoms with Crippen LogP contribution in [0.3, 0.4) is 0 Å². The number of hydrogen-bond donors (Lipinski definition) is 0. The summed E-state index contributed by atoms with van der Waals surface area (Å²) in [6.45, 7) is 1.91. The summed E-state index contributed by atoms with van der Waals surface area (Å²) in [5, 5.41) is 54.2. The summed E-state index contributed by atoms with van der Waals surface area (Å²) in [4.78, 5) is 61.1. The van der Waals surface area contributed by atoms with Gasteiger partial charge in [0.2, 0.25) is 17.3 Å². The maximum atomic E-state index is 12.6. The van der Waals surface area contributed by atoms with E-state index >= 15 is 0 Å². The van der Waals surface area contributed by atoms with Crippen LogP contribution in [0.4, 0.5) is 0 Å². The van der Waals surface area contributed by atoms with Crippen molar-refractivity contribution in [2.45, 2.75) is 6.92 Å². The van der Waals surface area contributed by atoms with E-state index in [1.165, 1.54) is 20.3 Å². The number of aryl methyl sites for hydroxylation is 1. The minimum Gasteiger partial charge on any atom is -0.496 e. The lowest BCUT2D eigenvalue weighted by molar-refractivity contribution is 0.102. The zero-order valence-corrected chi connectivity index (χ0v) is 31.7. The molecule has 9 rings (SSSR count). The van der Waals surface area contributed by atoms with Crippen LogP contribution in [-0.4, -0.2) is 61.5 Å². The first-order valence-corrected chi connectivity index (χ1v) is 17.3. The van der Waals surface area contributed by atoms with Gasteiger partial charge in [0.1, 0.15) is 82.1 Å². The normalized spacial score (nSPS) is 11.3. The number of ether oxygens (including phenoxy) is 2. The molecule has 60 heavy (non-hydrogen) atoms. The van der Waals surface area contributed by atoms with Gasteiger partial charge in [-0.25, -0.2) is 29.9 Å². The number of benzene rings is 3. The molecule has 0 amide bonds. The number of nitriles is 6. The maximum Gasteiger partial charge on any atom is 0.218 e. The van der Waals surface area contributed by atoms with Crippen molar-refractivity contribution < 1.29 is 23.9 Å². The van der Waals surface area contributed by atoms with Gasteiger partial charge in [-0.1, -0.05) is 35.4 Å². The molecule has 0 bridgehead atoms. The Morgan fingerprint density at radius 2 is 0.850 bits per heavy atom. The summed E-state index contributed by atoms with van der Waals surface area (Å²) in [5.74, 6) is -0.211. The van der Waals surface area contributed by atoms with E-state index in [9.17, 15) is 14.4 Å². The smallest absolute Gasteiger partial charge is 0.218 e. The predicted octanol–water partition coefficient (Wildman–Crippen LogP) is 5.27. The topological polar surface area (TPSA) is 290 Å². The number of methoxy groups -OCH3 is 2. The molecule has 0 spiro atoms. The number of halogens is 1. The van der Waals surface area contributed by atoms with Gasteiger partial charge < -0.3 is 9.47 Å². The summed E-state index contributed by atoms with van der Waals surface area (Å²) in [7, 11) is 2.91. The SMILES string of the molecule is COc1ccc(OC)c2c1C(=O)c1nc(C#N)c(C#N)nc1-2.Cc1ccc2c(c1)-c1nc(C#N)c(C#N)nc1C2=O.N#Cc1nc2c(nc1C#N)-c1ccc(Cl)cc1C2=O. The lowest BCUT2D eigenvalue weighted by Crippen LogP contribution is -2.04. The van der Waals surface area contributed by atoms with Gasteiger partial charge in [-0.2, -0.15) is 31.6 Å². The molecule has 17 nitrogen and oxygen atoms in total. The highest BCUT2D eigenvalue weighted by Gasteiger charge is 2.37. The summed E-state index contributed by atoms with van der Waals surface area (Å²) in [6, 6.07) is 24.2. The van der Waals surface area contributed by atoms with Gasteiger partial charge in [0.15, 0.2) is 34.2 Å². The molecule has 0 fully saturated rings. The molecular weight excluding hydrogens is 788 g/mol. The number of nitrogens with zero attached hydrogens (tertiary/aromatic N) is 12. The number of fused-ring (bicyclic) bond motifs is 9. The van der Waals surface area contributed by atoms with Crippen molar-refractivity contribution in [3.05, 3.63) is 127 Å². The minimum atomic E-state index is -0.408. The quantitative estimate of drug-likeness (QED) is 0.215. The average molecular weight is 805 g/mol. The standard InChI is InChI=1S/C15H8N4O3.C14H6N4O.C13H3ClN4O/c1-21-9-3-4-10(22-2)12-11(9)13-14(15(12)20)19-8(6-17)7(5-16)18-13;1-7-2-3-8-9(4-7)12-13(14(8)19)18-11(6-16)10(5-15)17-12;14-6-1-2-7-8(3-6)13(19)12-11(7)17-9(4-15)10(5-16)18-12/h3-4H,1-2H3;2-4H,1H3;1-3H. The molecule has 282 valence electrons. The molecule has 0 aliphatic heterocycles. The first kappa shape index (κ1) is 39.0. The molecule has 0 saturated carbocycles. The molecule has 3 aromatic carbocycles. The van der Waals surface area contributed by atoms with Gasteiger partial charge in [0.05, 0.1) is 25.3 Å². The third-order valence-electron chi connectivity index (χ3n) is 9.16. The Labute approximate surface area is 343 Å². The fraction of sp³-hybridized carbons (Fsp3) is 0.0714. The van der Waals surface area contributed by atoms with Crippen LogP contribution < -0.4 is 9.47 Å². The van der Waals surface area contributed by atoms with Crippen molar-refractivity contribution in [1.29, 1.82) is 31.6 Å². The van der Waals surface area contributed by atoms with Gasteiger partial charge in [0, 0.05) is 27.3 Å². The van der Waals surface area contributed by atoms with E-state index in [0.717, 1.165) is 5.56 Å². The molecule has 0 radical (unpaired) electrons. The van der Waals surface area contributed by atoms with Crippen molar-refractivity contribution in [1.82, 2.24) is 29.9 Å². The second kappa shape index (κ2) is 15.3. The van der Waals surface area contributed by atoms with E-state index < -0.39 is 5.78 Å². The molecule has 0 saturated heterocycles. The van der Waals surface area contributed by atoms with Gasteiger partial charge in [-0.05, 0) is 37.3 Å². The molecule has 3 aliphatic rings. The van der Waals surface area contributed by atoms with Crippen molar-refractivity contribution in [3.63, 3.8) is 0 Å². The highest BCUT2D eigenvalue weighted by atomic mass is 35.5. The van der Waals surface area contributed by atoms with Crippen LogP contribution in [0.15, 0.2) is 48.5 Å². The van der Waals surface area contributed by atoms with E-state index in [2.05, 4.69) is 29.9 Å². The van der Waals surface area contributed by atoms with Crippen molar-refractivity contribution in [2.24, 2.45) is 0 Å². The molecule has 0 atom stereocenters. The van der Waals surface area contributed by atoms with Crippen LogP contribution in [0, 0.1) is 74.9 Å². The molecule has 18 heteroatoms. The fourth-order valence-electron chi connectivity index (χ4n) is 6.50. The molecular formula is C42H17ClN12O5. The number of rotatable bonds is 2. The zero-order valence-electron chi connectivity index (χ0n) is 30.9. The average Bonchev–Trinajstić information content (AvgIpc) is 3.83. The molecule has 3 heterocycles. The lowest BCUT2D eigenvalue weighted by Gasteiger charge is -2.10. The number of hydrogen-bond acceptors (Lipinski definition) is 17. The molecule has 3 aromatic heterocycles. The largest absolute Gasteiger partial charge is 0.496 e. The summed E-state index contributed by atoms with van der Waals surface area (Å²) in [5.41, 5.74) is 4.35. The number of ketones is 3. The highest BCUT2D eigenvalue weighted by molar-refractivity contribution is 6.32. The number of carbonyl (C=O) groups is 3. The van der Waals surface area contributed by atoms with Crippen LogP contribution in [0.25, 0.3) is 33.8 Å². The monoisotopic (exact) mass is 804 g/mol. The predicted molar refractivity (Wildman–Crippen MR) is 204 cm³/mol. The van der Waals surface area contributed by atoms with Crippen LogP contribution in [0.5, 0.6) is 11.5 Å². The fourth-order valence-corrected chi connectivity index (χ4v) is 6.67. The van der Waals surface area contributed by atoms with E-state index in [1.807, 2.05) is 31.2 Å². The Morgan fingerprint density at radius 3 is 1.33 bits per heavy atom. The van der Waals surface area contributed by atoms with Gasteiger partial charge in [0.25, 0.3) is 0 Å².